The Morgan fingerprint density at radius 3 is 2.00 bits per heavy atom. The van der Waals surface area contributed by atoms with Crippen molar-refractivity contribution in [3.8, 4) is 11.3 Å². The number of para-hydroxylation sites is 1. The molecule has 3 aromatic rings. The van der Waals surface area contributed by atoms with Crippen molar-refractivity contribution in [1.82, 2.24) is 0 Å². The van der Waals surface area contributed by atoms with Crippen LogP contribution in [0.25, 0.3) is 11.3 Å². The molecule has 0 aliphatic heterocycles. The topological polar surface area (TPSA) is 46.6 Å². The van der Waals surface area contributed by atoms with Crippen LogP contribution in [0.3, 0.4) is 0 Å². The molecule has 0 spiro atoms. The minimum Gasteiger partial charge on any atom is -0.432 e. The summed E-state index contributed by atoms with van der Waals surface area (Å²) < 4.78 is 9.76. The van der Waals surface area contributed by atoms with E-state index in [1.54, 1.807) is 24.3 Å². The monoisotopic (exact) mass is 377 g/mol. The van der Waals surface area contributed by atoms with E-state index in [0.717, 1.165) is 18.7 Å². The molecular formula is C21H21ClLiNO3-2. The molecule has 4 nitrogen and oxygen atoms in total. The van der Waals surface area contributed by atoms with E-state index in [4.69, 9.17) is 20.4 Å². The molecule has 2 aromatic carbocycles. The van der Waals surface area contributed by atoms with Crippen LogP contribution in [-0.2, 0) is 6.42 Å². The summed E-state index contributed by atoms with van der Waals surface area (Å²) in [4.78, 5) is 13.0. The van der Waals surface area contributed by atoms with Crippen molar-refractivity contribution in [3.63, 3.8) is 0 Å². The molecule has 0 aliphatic carbocycles. The summed E-state index contributed by atoms with van der Waals surface area (Å²) >= 11 is 5.75. The number of anilines is 1. The van der Waals surface area contributed by atoms with E-state index < -0.39 is 5.82 Å². The van der Waals surface area contributed by atoms with Crippen molar-refractivity contribution in [1.29, 1.82) is 0 Å². The molecule has 0 unspecified atom stereocenters. The summed E-state index contributed by atoms with van der Waals surface area (Å²) in [5, 5.41) is 0.626. The Kier molecular flexibility index (Phi) is 10.1. The van der Waals surface area contributed by atoms with Gasteiger partial charge in [0, 0.05) is 16.3 Å². The average molecular weight is 378 g/mol. The van der Waals surface area contributed by atoms with Gasteiger partial charge in [0.2, 0.25) is 0 Å². The number of halogens is 1. The normalized spacial score (nSPS) is 9.78. The Balaban J connectivity index is 0.000000273. The first-order valence-corrected chi connectivity index (χ1v) is 8.53. The van der Waals surface area contributed by atoms with Crippen LogP contribution in [0, 0.1) is 20.8 Å². The average Bonchev–Trinajstić information content (AvgIpc) is 3.06. The molecule has 0 amide bonds. The number of rotatable bonds is 5. The van der Waals surface area contributed by atoms with E-state index in [0.29, 0.717) is 23.0 Å². The van der Waals surface area contributed by atoms with Gasteiger partial charge in [-0.25, -0.2) is 4.79 Å². The first-order valence-electron chi connectivity index (χ1n) is 8.15. The van der Waals surface area contributed by atoms with Crippen LogP contribution in [0.1, 0.15) is 5.76 Å². The Morgan fingerprint density at radius 1 is 0.889 bits per heavy atom. The van der Waals surface area contributed by atoms with Crippen molar-refractivity contribution < 1.29 is 27.7 Å². The number of nitrogens with zero attached hydrogens (tertiary/aromatic N) is 1. The smallest absolute Gasteiger partial charge is 0.432 e. The minimum absolute atomic E-state index is 0. The third kappa shape index (κ3) is 6.66. The maximum Gasteiger partial charge on any atom is 1.00 e. The van der Waals surface area contributed by atoms with Gasteiger partial charge in [-0.1, -0.05) is 29.8 Å². The summed E-state index contributed by atoms with van der Waals surface area (Å²) in [6, 6.07) is 17.1. The number of hydrogen-bond donors (Lipinski definition) is 0. The quantitative estimate of drug-likeness (QED) is 0.504. The van der Waals surface area contributed by atoms with Gasteiger partial charge < -0.3 is 34.5 Å². The fourth-order valence-corrected chi connectivity index (χ4v) is 2.43. The predicted octanol–water partition coefficient (Wildman–Crippen LogP) is 2.09. The zero-order valence-electron chi connectivity index (χ0n) is 15.5. The van der Waals surface area contributed by atoms with Crippen molar-refractivity contribution in [2.45, 2.75) is 6.42 Å². The van der Waals surface area contributed by atoms with Crippen molar-refractivity contribution in [3.05, 3.63) is 96.8 Å². The van der Waals surface area contributed by atoms with Gasteiger partial charge >= 0.3 is 24.7 Å². The molecule has 0 fully saturated rings. The Bertz CT molecular complexity index is 840. The van der Waals surface area contributed by atoms with Crippen LogP contribution in [0.15, 0.2) is 68.2 Å². The standard InChI is InChI=1S/C11H8ClO3.C10H13N.Li/c1-2-9-10(15-11(13)14-9)7-3-5-8(12)6-4-7;1-3-11(4-2)10-8-6-5-7-9-10;/h3-6H,1-2H2;5-9H,1-4H2;/q-1;-2;+1. The summed E-state index contributed by atoms with van der Waals surface area (Å²) in [6.45, 7) is 12.8. The number of hydrogen-bond acceptors (Lipinski definition) is 4. The second kappa shape index (κ2) is 11.8. The molecule has 138 valence electrons. The fraction of sp³-hybridized carbons (Fsp3) is 0.143. The van der Waals surface area contributed by atoms with Gasteiger partial charge in [-0.15, -0.1) is 19.5 Å². The molecule has 27 heavy (non-hydrogen) atoms. The third-order valence-electron chi connectivity index (χ3n) is 3.64. The van der Waals surface area contributed by atoms with Crippen LogP contribution < -0.4 is 29.6 Å². The predicted molar refractivity (Wildman–Crippen MR) is 106 cm³/mol. The molecule has 0 aliphatic rings. The number of benzene rings is 2. The van der Waals surface area contributed by atoms with E-state index in [1.807, 2.05) is 18.2 Å². The van der Waals surface area contributed by atoms with Crippen molar-refractivity contribution in [2.24, 2.45) is 0 Å². The van der Waals surface area contributed by atoms with Crippen LogP contribution in [-0.4, -0.2) is 13.1 Å². The minimum atomic E-state index is -0.710. The van der Waals surface area contributed by atoms with Gasteiger partial charge in [-0.3, -0.25) is 0 Å². The third-order valence-corrected chi connectivity index (χ3v) is 3.89. The van der Waals surface area contributed by atoms with Gasteiger partial charge in [0.05, 0.1) is 0 Å². The summed E-state index contributed by atoms with van der Waals surface area (Å²) in [6.07, 6.45) is 0.365. The molecule has 0 bridgehead atoms. The van der Waals surface area contributed by atoms with Gasteiger partial charge in [0.1, 0.15) is 5.76 Å². The van der Waals surface area contributed by atoms with E-state index in [1.165, 1.54) is 5.69 Å². The Morgan fingerprint density at radius 2 is 1.48 bits per heavy atom. The van der Waals surface area contributed by atoms with Crippen LogP contribution in [0.2, 0.25) is 5.02 Å². The summed E-state index contributed by atoms with van der Waals surface area (Å²) in [5.41, 5.74) is 1.95. The maximum absolute atomic E-state index is 10.9. The van der Waals surface area contributed by atoms with Gasteiger partial charge in [0.15, 0.2) is 5.76 Å². The van der Waals surface area contributed by atoms with Gasteiger partial charge in [-0.05, 0) is 36.4 Å². The van der Waals surface area contributed by atoms with Crippen molar-refractivity contribution in [2.75, 3.05) is 18.0 Å². The second-order valence-corrected chi connectivity index (χ2v) is 5.72. The molecule has 0 N–H and O–H groups in total. The molecule has 1 aromatic heterocycles. The van der Waals surface area contributed by atoms with E-state index in [9.17, 15) is 4.79 Å². The molecular weight excluding hydrogens is 357 g/mol. The summed E-state index contributed by atoms with van der Waals surface area (Å²) in [7, 11) is 0. The molecule has 0 radical (unpaired) electrons. The molecule has 0 atom stereocenters. The molecule has 1 heterocycles. The SMILES string of the molecule is [CH2-]CN(C[CH2-])c1ccccc1.[CH2-]Cc1oc(=O)oc1-c1ccc(Cl)cc1.[Li+]. The van der Waals surface area contributed by atoms with Crippen molar-refractivity contribution >= 4 is 17.3 Å². The van der Waals surface area contributed by atoms with E-state index in [-0.39, 0.29) is 18.9 Å². The zero-order valence-corrected chi connectivity index (χ0v) is 16.2. The van der Waals surface area contributed by atoms with Crippen LogP contribution in [0.4, 0.5) is 5.69 Å². The Hall–Kier alpha value is -1.86. The van der Waals surface area contributed by atoms with E-state index >= 15 is 0 Å². The fourth-order valence-electron chi connectivity index (χ4n) is 2.30. The molecule has 0 saturated heterocycles. The van der Waals surface area contributed by atoms with E-state index in [2.05, 4.69) is 37.8 Å². The molecule has 3 rings (SSSR count). The summed E-state index contributed by atoms with van der Waals surface area (Å²) in [5.74, 6) is 0.160. The largest absolute Gasteiger partial charge is 1.00 e. The molecule has 0 saturated carbocycles. The first-order chi connectivity index (χ1) is 12.6. The van der Waals surface area contributed by atoms with Crippen LogP contribution in [0.5, 0.6) is 0 Å². The molecule has 6 heteroatoms. The zero-order chi connectivity index (χ0) is 18.9. The van der Waals surface area contributed by atoms with Gasteiger partial charge in [-0.2, -0.15) is 0 Å². The maximum atomic E-state index is 10.9. The second-order valence-electron chi connectivity index (χ2n) is 5.29. The van der Waals surface area contributed by atoms with Gasteiger partial charge in [0.25, 0.3) is 0 Å². The van der Waals surface area contributed by atoms with Crippen LogP contribution >= 0.6 is 11.6 Å². The Labute approximate surface area is 177 Å². The first kappa shape index (κ1) is 23.2.